The fraction of sp³-hybridized carbons (Fsp3) is 0.353. The van der Waals surface area contributed by atoms with Crippen LogP contribution in [0.1, 0.15) is 36.1 Å². The van der Waals surface area contributed by atoms with Crippen LogP contribution in [0, 0.1) is 6.92 Å². The van der Waals surface area contributed by atoms with Crippen LogP contribution in [0.3, 0.4) is 0 Å². The predicted octanol–water partition coefficient (Wildman–Crippen LogP) is 3.67. The Kier molecular flexibility index (Phi) is 5.10. The van der Waals surface area contributed by atoms with Gasteiger partial charge in [0.25, 0.3) is 0 Å². The summed E-state index contributed by atoms with van der Waals surface area (Å²) >= 11 is 0. The second-order valence-corrected chi connectivity index (χ2v) is 4.98. The lowest BCUT2D eigenvalue weighted by molar-refractivity contribution is 0.528. The lowest BCUT2D eigenvalue weighted by atomic mass is 9.99. The van der Waals surface area contributed by atoms with Crippen LogP contribution in [0.25, 0.3) is 0 Å². The third-order valence-corrected chi connectivity index (χ3v) is 3.29. The van der Waals surface area contributed by atoms with Crippen LogP contribution in [0.4, 0.5) is 0 Å². The zero-order valence-corrected chi connectivity index (χ0v) is 11.8. The number of rotatable bonds is 6. The average molecular weight is 254 g/mol. The van der Waals surface area contributed by atoms with E-state index in [-0.39, 0.29) is 0 Å². The van der Waals surface area contributed by atoms with Crippen molar-refractivity contribution in [3.63, 3.8) is 0 Å². The number of pyridine rings is 1. The molecule has 0 aliphatic heterocycles. The van der Waals surface area contributed by atoms with E-state index in [2.05, 4.69) is 54.5 Å². The lowest BCUT2D eigenvalue weighted by Crippen LogP contribution is -2.24. The van der Waals surface area contributed by atoms with Crippen molar-refractivity contribution < 1.29 is 0 Å². The molecular formula is C17H22N2. The smallest absolute Gasteiger partial charge is 0.0376 e. The van der Waals surface area contributed by atoms with Gasteiger partial charge in [0.2, 0.25) is 0 Å². The highest BCUT2D eigenvalue weighted by atomic mass is 14.9. The van der Waals surface area contributed by atoms with Crippen molar-refractivity contribution in [2.75, 3.05) is 6.54 Å². The molecule has 0 aliphatic carbocycles. The van der Waals surface area contributed by atoms with Gasteiger partial charge >= 0.3 is 0 Å². The molecule has 0 amide bonds. The monoisotopic (exact) mass is 254 g/mol. The Morgan fingerprint density at radius 2 is 1.95 bits per heavy atom. The SMILES string of the molecule is CCCNC(Cc1ccc(C)cc1)c1cccnc1. The summed E-state index contributed by atoms with van der Waals surface area (Å²) in [6.45, 7) is 5.35. The maximum atomic E-state index is 4.23. The fourth-order valence-electron chi connectivity index (χ4n) is 2.17. The molecule has 19 heavy (non-hydrogen) atoms. The first-order chi connectivity index (χ1) is 9.29. The molecule has 0 bridgehead atoms. The molecule has 1 atom stereocenters. The quantitative estimate of drug-likeness (QED) is 0.850. The Hall–Kier alpha value is -1.67. The summed E-state index contributed by atoms with van der Waals surface area (Å²) in [7, 11) is 0. The number of nitrogens with one attached hydrogen (secondary N) is 1. The molecule has 0 aliphatic rings. The van der Waals surface area contributed by atoms with E-state index in [1.165, 1.54) is 16.7 Å². The van der Waals surface area contributed by atoms with Gasteiger partial charge in [-0.1, -0.05) is 42.8 Å². The second-order valence-electron chi connectivity index (χ2n) is 4.98. The molecule has 1 unspecified atom stereocenters. The third-order valence-electron chi connectivity index (χ3n) is 3.29. The highest BCUT2D eigenvalue weighted by Crippen LogP contribution is 2.18. The van der Waals surface area contributed by atoms with Gasteiger partial charge in [0.1, 0.15) is 0 Å². The van der Waals surface area contributed by atoms with Gasteiger partial charge in [-0.2, -0.15) is 0 Å². The Balaban J connectivity index is 2.11. The highest BCUT2D eigenvalue weighted by molar-refractivity contribution is 5.24. The van der Waals surface area contributed by atoms with Gasteiger partial charge in [0.05, 0.1) is 0 Å². The van der Waals surface area contributed by atoms with Gasteiger partial charge in [0, 0.05) is 18.4 Å². The van der Waals surface area contributed by atoms with Crippen LogP contribution in [-0.4, -0.2) is 11.5 Å². The molecule has 2 rings (SSSR count). The van der Waals surface area contributed by atoms with Gasteiger partial charge in [-0.05, 0) is 43.5 Å². The van der Waals surface area contributed by atoms with E-state index in [1.807, 2.05) is 18.5 Å². The number of aryl methyl sites for hydroxylation is 1. The molecule has 100 valence electrons. The summed E-state index contributed by atoms with van der Waals surface area (Å²) in [5.74, 6) is 0. The topological polar surface area (TPSA) is 24.9 Å². The van der Waals surface area contributed by atoms with E-state index in [0.717, 1.165) is 19.4 Å². The summed E-state index contributed by atoms with van der Waals surface area (Å²) in [5.41, 5.74) is 3.93. The maximum absolute atomic E-state index is 4.23. The molecular weight excluding hydrogens is 232 g/mol. The van der Waals surface area contributed by atoms with Crippen molar-refractivity contribution in [3.8, 4) is 0 Å². The standard InChI is InChI=1S/C17H22N2/c1-3-10-19-17(16-5-4-11-18-13-16)12-15-8-6-14(2)7-9-15/h4-9,11,13,17,19H,3,10,12H2,1-2H3. The summed E-state index contributed by atoms with van der Waals surface area (Å²) in [6.07, 6.45) is 5.93. The van der Waals surface area contributed by atoms with Crippen molar-refractivity contribution >= 4 is 0 Å². The van der Waals surface area contributed by atoms with Gasteiger partial charge in [-0.3, -0.25) is 4.98 Å². The van der Waals surface area contributed by atoms with Crippen LogP contribution in [0.2, 0.25) is 0 Å². The zero-order chi connectivity index (χ0) is 13.5. The number of aromatic nitrogens is 1. The largest absolute Gasteiger partial charge is 0.310 e. The van der Waals surface area contributed by atoms with Crippen molar-refractivity contribution in [1.82, 2.24) is 10.3 Å². The second kappa shape index (κ2) is 7.05. The van der Waals surface area contributed by atoms with E-state index in [9.17, 15) is 0 Å². The molecule has 1 N–H and O–H groups in total. The van der Waals surface area contributed by atoms with Crippen LogP contribution < -0.4 is 5.32 Å². The molecule has 0 saturated heterocycles. The Bertz CT molecular complexity index is 476. The fourth-order valence-corrected chi connectivity index (χ4v) is 2.17. The molecule has 0 spiro atoms. The first kappa shape index (κ1) is 13.8. The van der Waals surface area contributed by atoms with Gasteiger partial charge in [-0.15, -0.1) is 0 Å². The van der Waals surface area contributed by atoms with Crippen LogP contribution >= 0.6 is 0 Å². The van der Waals surface area contributed by atoms with E-state index in [0.29, 0.717) is 6.04 Å². The number of nitrogens with zero attached hydrogens (tertiary/aromatic N) is 1. The normalized spacial score (nSPS) is 12.3. The van der Waals surface area contributed by atoms with Gasteiger partial charge in [0.15, 0.2) is 0 Å². The van der Waals surface area contributed by atoms with E-state index >= 15 is 0 Å². The molecule has 1 heterocycles. The van der Waals surface area contributed by atoms with E-state index in [4.69, 9.17) is 0 Å². The summed E-state index contributed by atoms with van der Waals surface area (Å²) in [5, 5.41) is 3.61. The minimum absolute atomic E-state index is 0.344. The summed E-state index contributed by atoms with van der Waals surface area (Å²) in [6, 6.07) is 13.3. The van der Waals surface area contributed by atoms with Gasteiger partial charge < -0.3 is 5.32 Å². The highest BCUT2D eigenvalue weighted by Gasteiger charge is 2.11. The number of benzene rings is 1. The minimum Gasteiger partial charge on any atom is -0.310 e. The molecule has 2 aromatic rings. The molecule has 2 heteroatoms. The molecule has 0 saturated carbocycles. The lowest BCUT2D eigenvalue weighted by Gasteiger charge is -2.19. The van der Waals surface area contributed by atoms with E-state index in [1.54, 1.807) is 0 Å². The van der Waals surface area contributed by atoms with Crippen molar-refractivity contribution in [2.24, 2.45) is 0 Å². The minimum atomic E-state index is 0.344. The predicted molar refractivity (Wildman–Crippen MR) is 80.2 cm³/mol. The third kappa shape index (κ3) is 4.18. The van der Waals surface area contributed by atoms with E-state index < -0.39 is 0 Å². The van der Waals surface area contributed by atoms with Crippen LogP contribution in [-0.2, 0) is 6.42 Å². The van der Waals surface area contributed by atoms with Crippen LogP contribution in [0.15, 0.2) is 48.8 Å². The molecule has 2 nitrogen and oxygen atoms in total. The first-order valence-corrected chi connectivity index (χ1v) is 6.98. The molecule has 0 fully saturated rings. The summed E-state index contributed by atoms with van der Waals surface area (Å²) < 4.78 is 0. The zero-order valence-electron chi connectivity index (χ0n) is 11.8. The molecule has 1 aromatic carbocycles. The maximum Gasteiger partial charge on any atom is 0.0376 e. The van der Waals surface area contributed by atoms with Crippen molar-refractivity contribution in [1.29, 1.82) is 0 Å². The number of hydrogen-bond acceptors (Lipinski definition) is 2. The van der Waals surface area contributed by atoms with Gasteiger partial charge in [-0.25, -0.2) is 0 Å². The van der Waals surface area contributed by atoms with Crippen molar-refractivity contribution in [2.45, 2.75) is 32.7 Å². The Morgan fingerprint density at radius 3 is 2.58 bits per heavy atom. The summed E-state index contributed by atoms with van der Waals surface area (Å²) in [4.78, 5) is 4.23. The number of hydrogen-bond donors (Lipinski definition) is 1. The first-order valence-electron chi connectivity index (χ1n) is 6.98. The molecule has 0 radical (unpaired) electrons. The Labute approximate surface area is 115 Å². The molecule has 1 aromatic heterocycles. The van der Waals surface area contributed by atoms with Crippen molar-refractivity contribution in [3.05, 3.63) is 65.5 Å². The average Bonchev–Trinajstić information content (AvgIpc) is 2.46. The Morgan fingerprint density at radius 1 is 1.16 bits per heavy atom. The van der Waals surface area contributed by atoms with Crippen LogP contribution in [0.5, 0.6) is 0 Å².